The monoisotopic (exact) mass is 723 g/mol. The van der Waals surface area contributed by atoms with E-state index < -0.39 is 0 Å². The van der Waals surface area contributed by atoms with Crippen LogP contribution in [-0.2, 0) is 0 Å². The maximum Gasteiger partial charge on any atom is 0.0978 e. The summed E-state index contributed by atoms with van der Waals surface area (Å²) in [6.45, 7) is 0. The Hall–Kier alpha value is -7.62. The number of rotatable bonds is 4. The molecule has 0 aliphatic carbocycles. The highest BCUT2D eigenvalue weighted by atomic mass is 15.0. The fourth-order valence-corrected chi connectivity index (χ4v) is 8.96. The summed E-state index contributed by atoms with van der Waals surface area (Å²) in [4.78, 5) is 10.5. The number of aromatic nitrogens is 3. The highest BCUT2D eigenvalue weighted by Gasteiger charge is 2.16. The minimum atomic E-state index is 0.918. The third-order valence-corrected chi connectivity index (χ3v) is 11.7. The summed E-state index contributed by atoms with van der Waals surface area (Å²) in [5, 5.41) is 10.7. The van der Waals surface area contributed by atoms with E-state index in [9.17, 15) is 0 Å². The molecule has 0 saturated heterocycles. The van der Waals surface area contributed by atoms with Gasteiger partial charge in [-0.1, -0.05) is 133 Å². The van der Waals surface area contributed by atoms with Crippen LogP contribution in [0.1, 0.15) is 0 Å². The van der Waals surface area contributed by atoms with Crippen molar-refractivity contribution in [3.8, 4) is 39.2 Å². The first kappa shape index (κ1) is 31.7. The Balaban J connectivity index is 0.946. The fraction of sp³-hybridized carbons (Fsp3) is 0. The second-order valence-electron chi connectivity index (χ2n) is 15.0. The van der Waals surface area contributed by atoms with E-state index in [0.717, 1.165) is 44.0 Å². The Labute approximate surface area is 328 Å². The largest absolute Gasteiger partial charge is 0.309 e. The molecule has 0 saturated carbocycles. The molecule has 12 aromatic rings. The number of hydrogen-bond donors (Lipinski definition) is 0. The van der Waals surface area contributed by atoms with Crippen LogP contribution in [-0.4, -0.2) is 14.5 Å². The quantitative estimate of drug-likeness (QED) is 0.134. The Bertz CT molecular complexity index is 3570. The van der Waals surface area contributed by atoms with Crippen molar-refractivity contribution in [2.45, 2.75) is 0 Å². The molecule has 0 fully saturated rings. The van der Waals surface area contributed by atoms with Gasteiger partial charge in [0.2, 0.25) is 0 Å². The van der Waals surface area contributed by atoms with Crippen molar-refractivity contribution in [1.29, 1.82) is 0 Å². The van der Waals surface area contributed by atoms with Crippen molar-refractivity contribution >= 4 is 76.1 Å². The number of nitrogens with zero attached hydrogens (tertiary/aromatic N) is 3. The average molecular weight is 724 g/mol. The van der Waals surface area contributed by atoms with Crippen molar-refractivity contribution in [2.75, 3.05) is 0 Å². The molecule has 0 aliphatic rings. The lowest BCUT2D eigenvalue weighted by molar-refractivity contribution is 1.18. The van der Waals surface area contributed by atoms with Crippen molar-refractivity contribution in [3.05, 3.63) is 200 Å². The molecule has 3 heteroatoms. The zero-order chi connectivity index (χ0) is 37.5. The molecule has 0 radical (unpaired) electrons. The van der Waals surface area contributed by atoms with Crippen LogP contribution in [0.3, 0.4) is 0 Å². The van der Waals surface area contributed by atoms with Gasteiger partial charge in [-0.25, -0.2) is 9.97 Å². The highest BCUT2D eigenvalue weighted by Crippen LogP contribution is 2.39. The van der Waals surface area contributed by atoms with Gasteiger partial charge in [-0.15, -0.1) is 0 Å². The first-order chi connectivity index (χ1) is 28.2. The van der Waals surface area contributed by atoms with E-state index in [1.165, 1.54) is 71.3 Å². The zero-order valence-electron chi connectivity index (χ0n) is 30.9. The normalized spacial score (nSPS) is 11.9. The second kappa shape index (κ2) is 12.5. The van der Waals surface area contributed by atoms with E-state index in [2.05, 4.69) is 205 Å². The predicted molar refractivity (Wildman–Crippen MR) is 240 cm³/mol. The van der Waals surface area contributed by atoms with Crippen LogP contribution in [0.5, 0.6) is 0 Å². The summed E-state index contributed by atoms with van der Waals surface area (Å²) in [6.07, 6.45) is 0. The van der Waals surface area contributed by atoms with Gasteiger partial charge in [0.1, 0.15) is 0 Å². The molecule has 0 N–H and O–H groups in total. The lowest BCUT2D eigenvalue weighted by Crippen LogP contribution is -1.93. The van der Waals surface area contributed by atoms with Gasteiger partial charge in [-0.2, -0.15) is 0 Å². The van der Waals surface area contributed by atoms with Crippen LogP contribution >= 0.6 is 0 Å². The predicted octanol–water partition coefficient (Wildman–Crippen LogP) is 14.3. The summed E-state index contributed by atoms with van der Waals surface area (Å²) in [7, 11) is 0. The van der Waals surface area contributed by atoms with Crippen LogP contribution in [0.4, 0.5) is 0 Å². The Morgan fingerprint density at radius 1 is 0.316 bits per heavy atom. The van der Waals surface area contributed by atoms with E-state index in [4.69, 9.17) is 9.97 Å². The summed E-state index contributed by atoms with van der Waals surface area (Å²) in [5.74, 6) is 0. The molecule has 0 unspecified atom stereocenters. The molecule has 0 spiro atoms. The number of hydrogen-bond acceptors (Lipinski definition) is 2. The molecule has 264 valence electrons. The summed E-state index contributed by atoms with van der Waals surface area (Å²) >= 11 is 0. The van der Waals surface area contributed by atoms with Crippen LogP contribution in [0.25, 0.3) is 115 Å². The van der Waals surface area contributed by atoms with Crippen molar-refractivity contribution in [3.63, 3.8) is 0 Å². The lowest BCUT2D eigenvalue weighted by atomic mass is 9.95. The molecule has 57 heavy (non-hydrogen) atoms. The molecule has 0 bridgehead atoms. The molecular weight excluding hydrogens is 691 g/mol. The number of pyridine rings is 2. The molecule has 3 heterocycles. The Kier molecular flexibility index (Phi) is 6.93. The minimum absolute atomic E-state index is 0.918. The zero-order valence-corrected chi connectivity index (χ0v) is 30.9. The van der Waals surface area contributed by atoms with Crippen molar-refractivity contribution in [1.82, 2.24) is 14.5 Å². The maximum atomic E-state index is 5.32. The van der Waals surface area contributed by atoms with E-state index in [0.29, 0.717) is 0 Å². The van der Waals surface area contributed by atoms with Gasteiger partial charge < -0.3 is 4.57 Å². The minimum Gasteiger partial charge on any atom is -0.309 e. The summed E-state index contributed by atoms with van der Waals surface area (Å²) in [5.41, 5.74) is 13.2. The van der Waals surface area contributed by atoms with Crippen LogP contribution in [0, 0.1) is 0 Å². The second-order valence-corrected chi connectivity index (χ2v) is 15.0. The molecule has 0 atom stereocenters. The molecule has 0 amide bonds. The van der Waals surface area contributed by atoms with Gasteiger partial charge in [0.05, 0.1) is 33.3 Å². The molecule has 3 nitrogen and oxygen atoms in total. The van der Waals surface area contributed by atoms with Gasteiger partial charge in [0, 0.05) is 43.7 Å². The number of fused-ring (bicyclic) bond motifs is 9. The Morgan fingerprint density at radius 2 is 0.930 bits per heavy atom. The Morgan fingerprint density at radius 3 is 1.75 bits per heavy atom. The highest BCUT2D eigenvalue weighted by molar-refractivity contribution is 6.16. The maximum absolute atomic E-state index is 5.32. The van der Waals surface area contributed by atoms with Crippen molar-refractivity contribution < 1.29 is 0 Å². The SMILES string of the molecule is c1ccc(-c2c3ccccc3nc3c2ccc2ccc(-c4ccc5cc6cc(-c7ccc8c(c7)c7ccccc7n8-c7ccccc7)ccc6cc5c4)nc23)cc1. The van der Waals surface area contributed by atoms with Gasteiger partial charge in [-0.05, 0) is 105 Å². The van der Waals surface area contributed by atoms with Crippen LogP contribution in [0.15, 0.2) is 200 Å². The average Bonchev–Trinajstić information content (AvgIpc) is 3.61. The molecule has 3 aromatic heterocycles. The third-order valence-electron chi connectivity index (χ3n) is 11.7. The smallest absolute Gasteiger partial charge is 0.0978 e. The fourth-order valence-electron chi connectivity index (χ4n) is 8.96. The third kappa shape index (κ3) is 5.06. The number of benzene rings is 9. The topological polar surface area (TPSA) is 30.7 Å². The first-order valence-electron chi connectivity index (χ1n) is 19.5. The number of para-hydroxylation sites is 3. The van der Waals surface area contributed by atoms with E-state index in [-0.39, 0.29) is 0 Å². The molecule has 0 aliphatic heterocycles. The van der Waals surface area contributed by atoms with E-state index in [1.807, 2.05) is 0 Å². The van der Waals surface area contributed by atoms with E-state index >= 15 is 0 Å². The van der Waals surface area contributed by atoms with Gasteiger partial charge in [0.25, 0.3) is 0 Å². The summed E-state index contributed by atoms with van der Waals surface area (Å²) in [6, 6.07) is 72.2. The standard InChI is InChI=1S/C54H33N3/c1-3-11-34(12-4-1)52-45-16-7-9-17-49(45)56-54-46(52)26-23-35-24-27-48(55-53(35)54)40-22-21-38-30-41-29-36(19-20-37(41)31-42(38)32-40)39-25-28-51-47(33-39)44-15-8-10-18-50(44)57(51)43-13-5-2-6-14-43/h1-33H. The first-order valence-corrected chi connectivity index (χ1v) is 19.5. The van der Waals surface area contributed by atoms with Gasteiger partial charge in [-0.3, -0.25) is 0 Å². The molecular formula is C54H33N3. The molecule has 9 aromatic carbocycles. The van der Waals surface area contributed by atoms with Crippen LogP contribution in [0.2, 0.25) is 0 Å². The van der Waals surface area contributed by atoms with Crippen LogP contribution < -0.4 is 0 Å². The van der Waals surface area contributed by atoms with Gasteiger partial charge >= 0.3 is 0 Å². The van der Waals surface area contributed by atoms with E-state index in [1.54, 1.807) is 0 Å². The van der Waals surface area contributed by atoms with Gasteiger partial charge in [0.15, 0.2) is 0 Å². The summed E-state index contributed by atoms with van der Waals surface area (Å²) < 4.78 is 2.37. The molecule has 12 rings (SSSR count). The lowest BCUT2D eigenvalue weighted by Gasteiger charge is -2.13. The van der Waals surface area contributed by atoms with Crippen molar-refractivity contribution in [2.24, 2.45) is 0 Å².